The highest BCUT2D eigenvalue weighted by Crippen LogP contribution is 2.40. The highest BCUT2D eigenvalue weighted by molar-refractivity contribution is 7.92. The number of hydrogen-bond donors (Lipinski definition) is 1. The quantitative estimate of drug-likeness (QED) is 0.375. The number of hydrogen-bond acceptors (Lipinski definition) is 3. The summed E-state index contributed by atoms with van der Waals surface area (Å²) in [6, 6.07) is 17.0. The molecule has 1 aromatic heterocycles. The number of nitrogens with one attached hydrogen (secondary N) is 1. The maximum Gasteiger partial charge on any atom is 0.261 e. The number of sulfonamides is 1. The third kappa shape index (κ3) is 3.58. The van der Waals surface area contributed by atoms with Crippen molar-refractivity contribution in [2.24, 2.45) is 5.92 Å². The Bertz CT molecular complexity index is 1420. The lowest BCUT2D eigenvalue weighted by molar-refractivity contribution is 0.439. The monoisotopic (exact) mass is 447 g/mol. The molecule has 0 fully saturated rings. The van der Waals surface area contributed by atoms with Gasteiger partial charge in [0.2, 0.25) is 0 Å². The predicted octanol–water partition coefficient (Wildman–Crippen LogP) is 6.81. The molecule has 0 aliphatic heterocycles. The Morgan fingerprint density at radius 2 is 1.66 bits per heavy atom. The van der Waals surface area contributed by atoms with E-state index in [1.807, 2.05) is 42.5 Å². The van der Waals surface area contributed by atoms with Crippen LogP contribution in [0.4, 0.5) is 5.69 Å². The van der Waals surface area contributed by atoms with Crippen molar-refractivity contribution in [1.82, 2.24) is 0 Å². The van der Waals surface area contributed by atoms with Crippen molar-refractivity contribution >= 4 is 37.5 Å². The van der Waals surface area contributed by atoms with Gasteiger partial charge in [0.25, 0.3) is 10.0 Å². The molecule has 1 heterocycles. The zero-order valence-electron chi connectivity index (χ0n) is 19.0. The van der Waals surface area contributed by atoms with Crippen molar-refractivity contribution in [2.75, 3.05) is 4.72 Å². The maximum atomic E-state index is 13.3. The Kier molecular flexibility index (Phi) is 4.86. The van der Waals surface area contributed by atoms with Crippen LogP contribution in [0.15, 0.2) is 63.9 Å². The molecule has 0 radical (unpaired) electrons. The topological polar surface area (TPSA) is 59.3 Å². The first-order valence-corrected chi connectivity index (χ1v) is 12.7. The van der Waals surface area contributed by atoms with Crippen LogP contribution < -0.4 is 4.72 Å². The first-order valence-electron chi connectivity index (χ1n) is 11.2. The maximum absolute atomic E-state index is 13.3. The van der Waals surface area contributed by atoms with Crippen LogP contribution in [-0.2, 0) is 28.3 Å². The first-order chi connectivity index (χ1) is 15.1. The van der Waals surface area contributed by atoms with E-state index in [0.29, 0.717) is 11.6 Å². The van der Waals surface area contributed by atoms with Gasteiger partial charge in [-0.15, -0.1) is 0 Å². The van der Waals surface area contributed by atoms with Gasteiger partial charge in [-0.3, -0.25) is 4.72 Å². The van der Waals surface area contributed by atoms with Gasteiger partial charge in [-0.2, -0.15) is 0 Å². The van der Waals surface area contributed by atoms with Gasteiger partial charge >= 0.3 is 0 Å². The van der Waals surface area contributed by atoms with Crippen LogP contribution in [0.5, 0.6) is 0 Å². The van der Waals surface area contributed by atoms with Crippen molar-refractivity contribution in [3.63, 3.8) is 0 Å². The molecule has 1 N–H and O–H groups in total. The summed E-state index contributed by atoms with van der Waals surface area (Å²) < 4.78 is 35.7. The van der Waals surface area contributed by atoms with E-state index >= 15 is 0 Å². The number of rotatable bonds is 3. The Labute approximate surface area is 189 Å². The fourth-order valence-corrected chi connectivity index (χ4v) is 5.76. The average Bonchev–Trinajstić information content (AvgIpc) is 3.11. The van der Waals surface area contributed by atoms with Crippen molar-refractivity contribution in [2.45, 2.75) is 57.3 Å². The molecular formula is C27H29NO3S. The van der Waals surface area contributed by atoms with Crippen LogP contribution >= 0.6 is 0 Å². The number of furan rings is 1. The van der Waals surface area contributed by atoms with E-state index in [1.165, 1.54) is 5.56 Å². The molecule has 32 heavy (non-hydrogen) atoms. The summed E-state index contributed by atoms with van der Waals surface area (Å²) in [5.74, 6) is 1.64. The molecule has 0 spiro atoms. The average molecular weight is 448 g/mol. The van der Waals surface area contributed by atoms with Crippen LogP contribution in [0.1, 0.15) is 51.0 Å². The summed E-state index contributed by atoms with van der Waals surface area (Å²) in [6.45, 7) is 8.60. The zero-order chi connectivity index (χ0) is 22.7. The fraction of sp³-hybridized carbons (Fsp3) is 0.333. The van der Waals surface area contributed by atoms with Crippen LogP contribution in [0.25, 0.3) is 21.7 Å². The Hall–Kier alpha value is -2.79. The van der Waals surface area contributed by atoms with Crippen molar-refractivity contribution in [3.8, 4) is 0 Å². The summed E-state index contributed by atoms with van der Waals surface area (Å²) in [7, 11) is -3.73. The second-order valence-electron chi connectivity index (χ2n) is 10.1. The summed E-state index contributed by atoms with van der Waals surface area (Å²) in [5.41, 5.74) is 3.74. The van der Waals surface area contributed by atoms with E-state index in [4.69, 9.17) is 4.42 Å². The molecule has 5 rings (SSSR count). The third-order valence-electron chi connectivity index (χ3n) is 6.57. The Morgan fingerprint density at radius 3 is 2.34 bits per heavy atom. The summed E-state index contributed by atoms with van der Waals surface area (Å²) in [4.78, 5) is 0.262. The molecule has 1 unspecified atom stereocenters. The molecule has 1 aliphatic carbocycles. The lowest BCUT2D eigenvalue weighted by Crippen LogP contribution is -2.15. The SMILES string of the molecule is CC1CCc2oc3c(cc(NS(=O)(=O)c4ccc(C(C)(C)C)cc4)c4ccccc43)c2C1. The van der Waals surface area contributed by atoms with Gasteiger partial charge in [0.15, 0.2) is 0 Å². The zero-order valence-corrected chi connectivity index (χ0v) is 19.8. The number of fused-ring (bicyclic) bond motifs is 5. The standard InChI is InChI=1S/C27H29NO3S/c1-17-9-14-25-22(15-17)23-16-24(20-7-5-6-8-21(20)26(23)31-25)28-32(29,30)19-12-10-18(11-13-19)27(2,3)4/h5-8,10-13,16-17,28H,9,14-15H2,1-4H3. The predicted molar refractivity (Wildman–Crippen MR) is 131 cm³/mol. The normalized spacial score (nSPS) is 16.9. The highest BCUT2D eigenvalue weighted by atomic mass is 32.2. The second kappa shape index (κ2) is 7.38. The van der Waals surface area contributed by atoms with Crippen molar-refractivity contribution < 1.29 is 12.8 Å². The van der Waals surface area contributed by atoms with Gasteiger partial charge in [-0.25, -0.2) is 8.42 Å². The van der Waals surface area contributed by atoms with Gasteiger partial charge < -0.3 is 4.42 Å². The molecule has 4 aromatic rings. The van der Waals surface area contributed by atoms with Crippen molar-refractivity contribution in [1.29, 1.82) is 0 Å². The van der Waals surface area contributed by atoms with Crippen molar-refractivity contribution in [3.05, 3.63) is 71.5 Å². The minimum Gasteiger partial charge on any atom is -0.460 e. The molecule has 0 saturated carbocycles. The molecule has 0 bridgehead atoms. The van der Waals surface area contributed by atoms with Gasteiger partial charge in [0, 0.05) is 28.1 Å². The molecule has 166 valence electrons. The summed E-state index contributed by atoms with van der Waals surface area (Å²) in [6.07, 6.45) is 3.01. The van der Waals surface area contributed by atoms with Gasteiger partial charge in [-0.1, -0.05) is 64.1 Å². The molecule has 0 amide bonds. The van der Waals surface area contributed by atoms with E-state index in [2.05, 4.69) is 32.4 Å². The van der Waals surface area contributed by atoms with E-state index in [1.54, 1.807) is 12.1 Å². The largest absolute Gasteiger partial charge is 0.460 e. The second-order valence-corrected chi connectivity index (χ2v) is 11.8. The highest BCUT2D eigenvalue weighted by Gasteiger charge is 2.25. The molecule has 4 nitrogen and oxygen atoms in total. The van der Waals surface area contributed by atoms with Crippen LogP contribution in [0.2, 0.25) is 0 Å². The molecule has 5 heteroatoms. The lowest BCUT2D eigenvalue weighted by atomic mass is 9.87. The molecular weight excluding hydrogens is 418 g/mol. The van der Waals surface area contributed by atoms with E-state index < -0.39 is 10.0 Å². The van der Waals surface area contributed by atoms with Gasteiger partial charge in [-0.05, 0) is 47.9 Å². The Balaban J connectivity index is 1.62. The van der Waals surface area contributed by atoms with Crippen LogP contribution in [-0.4, -0.2) is 8.42 Å². The number of aryl methyl sites for hydroxylation is 1. The molecule has 3 aromatic carbocycles. The molecule has 0 saturated heterocycles. The first kappa shape index (κ1) is 21.1. The minimum absolute atomic E-state index is 0.0333. The fourth-order valence-electron chi connectivity index (χ4n) is 4.69. The summed E-state index contributed by atoms with van der Waals surface area (Å²) >= 11 is 0. The lowest BCUT2D eigenvalue weighted by Gasteiger charge is -2.19. The van der Waals surface area contributed by atoms with Gasteiger partial charge in [0.05, 0.1) is 10.6 Å². The smallest absolute Gasteiger partial charge is 0.261 e. The number of anilines is 1. The number of benzene rings is 3. The van der Waals surface area contributed by atoms with E-state index in [-0.39, 0.29) is 10.3 Å². The summed E-state index contributed by atoms with van der Waals surface area (Å²) in [5, 5.41) is 2.80. The van der Waals surface area contributed by atoms with Gasteiger partial charge in [0.1, 0.15) is 11.3 Å². The minimum atomic E-state index is -3.73. The van der Waals surface area contributed by atoms with E-state index in [9.17, 15) is 8.42 Å². The third-order valence-corrected chi connectivity index (χ3v) is 7.96. The molecule has 1 aliphatic rings. The van der Waals surface area contributed by atoms with E-state index in [0.717, 1.165) is 52.3 Å². The Morgan fingerprint density at radius 1 is 0.969 bits per heavy atom. The van der Waals surface area contributed by atoms with Crippen LogP contribution in [0.3, 0.4) is 0 Å². The van der Waals surface area contributed by atoms with Crippen LogP contribution in [0, 0.1) is 5.92 Å². The molecule has 1 atom stereocenters.